The van der Waals surface area contributed by atoms with Crippen LogP contribution in [0.2, 0.25) is 5.02 Å². The molecule has 19 heavy (non-hydrogen) atoms. The number of benzene rings is 2. The van der Waals surface area contributed by atoms with Crippen molar-refractivity contribution in [1.29, 1.82) is 0 Å². The van der Waals surface area contributed by atoms with Crippen molar-refractivity contribution in [3.63, 3.8) is 0 Å². The van der Waals surface area contributed by atoms with Crippen molar-refractivity contribution in [3.8, 4) is 0 Å². The van der Waals surface area contributed by atoms with Gasteiger partial charge in [-0.05, 0) is 84.7 Å². The lowest BCUT2D eigenvalue weighted by Gasteiger charge is -2.05. The Hall–Kier alpha value is -0.320. The van der Waals surface area contributed by atoms with Crippen LogP contribution in [0, 0.1) is 31.3 Å². The van der Waals surface area contributed by atoms with Crippen molar-refractivity contribution in [3.05, 3.63) is 43.0 Å². The largest absolute Gasteiger partial charge is 0.135 e. The van der Waals surface area contributed by atoms with Crippen molar-refractivity contribution >= 4 is 65.7 Å². The highest BCUT2D eigenvalue weighted by atomic mass is 127. The Morgan fingerprint density at radius 3 is 2.05 bits per heavy atom. The maximum absolute atomic E-state index is 6.39. The molecular formula is C16H14ClIS. The van der Waals surface area contributed by atoms with Crippen LogP contribution in [0.4, 0.5) is 0 Å². The Labute approximate surface area is 135 Å². The van der Waals surface area contributed by atoms with Crippen LogP contribution in [-0.2, 0) is 0 Å². The van der Waals surface area contributed by atoms with E-state index < -0.39 is 0 Å². The maximum atomic E-state index is 6.39. The van der Waals surface area contributed by atoms with Gasteiger partial charge in [0.1, 0.15) is 0 Å². The van der Waals surface area contributed by atoms with Crippen LogP contribution in [0.25, 0.3) is 20.2 Å². The molecule has 0 atom stereocenters. The molecule has 0 spiro atoms. The highest BCUT2D eigenvalue weighted by molar-refractivity contribution is 14.1. The van der Waals surface area contributed by atoms with E-state index in [0.717, 1.165) is 5.02 Å². The first-order valence-corrected chi connectivity index (χ1v) is 8.46. The minimum atomic E-state index is 0.906. The molecule has 0 fully saturated rings. The van der Waals surface area contributed by atoms with Gasteiger partial charge in [-0.15, -0.1) is 11.3 Å². The lowest BCUT2D eigenvalue weighted by molar-refractivity contribution is 1.39. The lowest BCUT2D eigenvalue weighted by atomic mass is 10.0. The van der Waals surface area contributed by atoms with Crippen LogP contribution in [0.1, 0.15) is 22.3 Å². The van der Waals surface area contributed by atoms with Gasteiger partial charge >= 0.3 is 0 Å². The van der Waals surface area contributed by atoms with E-state index in [-0.39, 0.29) is 0 Å². The van der Waals surface area contributed by atoms with Gasteiger partial charge in [0.25, 0.3) is 0 Å². The molecule has 2 aromatic carbocycles. The maximum Gasteiger partial charge on any atom is 0.0478 e. The SMILES string of the molecule is Cc1cc2c(sc3c(C)c(I)c(C)cc32)c(C)c1Cl. The zero-order chi connectivity index (χ0) is 13.9. The quantitative estimate of drug-likeness (QED) is 0.375. The topological polar surface area (TPSA) is 0 Å². The minimum Gasteiger partial charge on any atom is -0.135 e. The van der Waals surface area contributed by atoms with Crippen molar-refractivity contribution in [2.45, 2.75) is 27.7 Å². The number of hydrogen-bond acceptors (Lipinski definition) is 1. The van der Waals surface area contributed by atoms with Gasteiger partial charge in [-0.3, -0.25) is 0 Å². The molecule has 0 saturated carbocycles. The highest BCUT2D eigenvalue weighted by Crippen LogP contribution is 2.42. The number of fused-ring (bicyclic) bond motifs is 3. The van der Waals surface area contributed by atoms with Gasteiger partial charge in [0.15, 0.2) is 0 Å². The molecule has 0 unspecified atom stereocenters. The Bertz CT molecular complexity index is 762. The molecule has 0 bridgehead atoms. The third-order valence-electron chi connectivity index (χ3n) is 3.74. The molecule has 0 radical (unpaired) electrons. The molecule has 3 rings (SSSR count). The molecular weight excluding hydrogens is 387 g/mol. The predicted molar refractivity (Wildman–Crippen MR) is 96.0 cm³/mol. The average Bonchev–Trinajstić information content (AvgIpc) is 2.73. The first-order chi connectivity index (χ1) is 8.91. The van der Waals surface area contributed by atoms with E-state index in [1.165, 1.54) is 46.0 Å². The monoisotopic (exact) mass is 400 g/mol. The van der Waals surface area contributed by atoms with Gasteiger partial charge in [-0.1, -0.05) is 11.6 Å². The Morgan fingerprint density at radius 1 is 0.895 bits per heavy atom. The highest BCUT2D eigenvalue weighted by Gasteiger charge is 2.15. The van der Waals surface area contributed by atoms with Gasteiger partial charge in [-0.2, -0.15) is 0 Å². The molecule has 0 aliphatic heterocycles. The van der Waals surface area contributed by atoms with E-state index in [0.29, 0.717) is 0 Å². The van der Waals surface area contributed by atoms with Gasteiger partial charge in [-0.25, -0.2) is 0 Å². The third-order valence-corrected chi connectivity index (χ3v) is 7.44. The standard InChI is InChI=1S/C16H14ClIS/c1-7-5-11-12-6-8(2)14(18)10(4)16(12)19-15(11)9(3)13(7)17/h5-6H,1-4H3. The summed E-state index contributed by atoms with van der Waals surface area (Å²) in [6, 6.07) is 4.55. The molecule has 3 heteroatoms. The smallest absolute Gasteiger partial charge is 0.0478 e. The fraction of sp³-hybridized carbons (Fsp3) is 0.250. The van der Waals surface area contributed by atoms with Gasteiger partial charge in [0.05, 0.1) is 0 Å². The zero-order valence-electron chi connectivity index (χ0n) is 11.3. The van der Waals surface area contributed by atoms with E-state index >= 15 is 0 Å². The Kier molecular flexibility index (Phi) is 3.31. The molecule has 0 aliphatic carbocycles. The molecule has 0 saturated heterocycles. The first-order valence-electron chi connectivity index (χ1n) is 6.19. The van der Waals surface area contributed by atoms with Crippen LogP contribution in [0.5, 0.6) is 0 Å². The normalized spacial score (nSPS) is 11.7. The summed E-state index contributed by atoms with van der Waals surface area (Å²) in [5.74, 6) is 0. The van der Waals surface area contributed by atoms with Crippen molar-refractivity contribution in [1.82, 2.24) is 0 Å². The summed E-state index contributed by atoms with van der Waals surface area (Å²) in [4.78, 5) is 0. The van der Waals surface area contributed by atoms with Gasteiger partial charge < -0.3 is 0 Å². The fourth-order valence-corrected chi connectivity index (χ4v) is 4.74. The molecule has 1 aromatic heterocycles. The summed E-state index contributed by atoms with van der Waals surface area (Å²) in [7, 11) is 0. The summed E-state index contributed by atoms with van der Waals surface area (Å²) in [6.07, 6.45) is 0. The van der Waals surface area contributed by atoms with Crippen LogP contribution in [0.15, 0.2) is 12.1 Å². The summed E-state index contributed by atoms with van der Waals surface area (Å²) < 4.78 is 4.10. The minimum absolute atomic E-state index is 0.906. The van der Waals surface area contributed by atoms with Crippen molar-refractivity contribution < 1.29 is 0 Å². The molecule has 1 heterocycles. The molecule has 0 aliphatic rings. The molecule has 0 amide bonds. The van der Waals surface area contributed by atoms with E-state index in [1.54, 1.807) is 0 Å². The predicted octanol–water partition coefficient (Wildman–Crippen LogP) is 6.55. The van der Waals surface area contributed by atoms with Gasteiger partial charge in [0, 0.05) is 28.8 Å². The van der Waals surface area contributed by atoms with Gasteiger partial charge in [0.2, 0.25) is 0 Å². The molecule has 3 aromatic rings. The molecule has 0 nitrogen and oxygen atoms in total. The number of rotatable bonds is 0. The summed E-state index contributed by atoms with van der Waals surface area (Å²) in [5, 5.41) is 3.63. The summed E-state index contributed by atoms with van der Waals surface area (Å²) >= 11 is 10.7. The van der Waals surface area contributed by atoms with Crippen LogP contribution < -0.4 is 0 Å². The van der Waals surface area contributed by atoms with Crippen LogP contribution in [0.3, 0.4) is 0 Å². The zero-order valence-corrected chi connectivity index (χ0v) is 15.0. The summed E-state index contributed by atoms with van der Waals surface area (Å²) in [6.45, 7) is 8.62. The van der Waals surface area contributed by atoms with E-state index in [2.05, 4.69) is 62.4 Å². The second kappa shape index (κ2) is 4.61. The average molecular weight is 401 g/mol. The molecule has 98 valence electrons. The molecule has 0 N–H and O–H groups in total. The van der Waals surface area contributed by atoms with Crippen LogP contribution >= 0.6 is 45.5 Å². The number of hydrogen-bond donors (Lipinski definition) is 0. The van der Waals surface area contributed by atoms with Crippen molar-refractivity contribution in [2.75, 3.05) is 0 Å². The number of halogens is 2. The van der Waals surface area contributed by atoms with Crippen LogP contribution in [-0.4, -0.2) is 0 Å². The second-order valence-electron chi connectivity index (χ2n) is 5.12. The Morgan fingerprint density at radius 2 is 1.42 bits per heavy atom. The third kappa shape index (κ3) is 1.91. The Balaban J connectivity index is 2.61. The lowest BCUT2D eigenvalue weighted by Crippen LogP contribution is -1.85. The van der Waals surface area contributed by atoms with E-state index in [9.17, 15) is 0 Å². The second-order valence-corrected chi connectivity index (χ2v) is 7.60. The van der Waals surface area contributed by atoms with E-state index in [1.807, 2.05) is 11.3 Å². The number of thiophene rings is 1. The fourth-order valence-electron chi connectivity index (χ4n) is 2.65. The van der Waals surface area contributed by atoms with Crippen molar-refractivity contribution in [2.24, 2.45) is 0 Å². The van der Waals surface area contributed by atoms with E-state index in [4.69, 9.17) is 11.6 Å². The first kappa shape index (κ1) is 13.7. The number of aryl methyl sites for hydroxylation is 4. The summed E-state index contributed by atoms with van der Waals surface area (Å²) in [5.41, 5.74) is 5.13.